The zero-order chi connectivity index (χ0) is 54.8. The van der Waals surface area contributed by atoms with Gasteiger partial charge in [0.1, 0.15) is 17.9 Å². The van der Waals surface area contributed by atoms with Crippen LogP contribution in [-0.4, -0.2) is 150 Å². The first kappa shape index (κ1) is 54.3. The molecule has 4 aliphatic rings. The van der Waals surface area contributed by atoms with E-state index in [-0.39, 0.29) is 22.8 Å². The van der Waals surface area contributed by atoms with E-state index in [1.54, 1.807) is 49.5 Å². The Morgan fingerprint density at radius 1 is 0.582 bits per heavy atom. The lowest BCUT2D eigenvalue weighted by molar-refractivity contribution is -0.107. The van der Waals surface area contributed by atoms with Gasteiger partial charge >= 0.3 is 0 Å². The fourth-order valence-corrected chi connectivity index (χ4v) is 9.92. The molecule has 2 aliphatic carbocycles. The zero-order valence-electron chi connectivity index (χ0n) is 44.5. The number of carbonyl (C=O) groups excluding carboxylic acids is 1. The molecule has 4 atom stereocenters. The molecule has 79 heavy (non-hydrogen) atoms. The number of nitrogens with one attached hydrogen (secondary N) is 1. The summed E-state index contributed by atoms with van der Waals surface area (Å²) in [6.07, 6.45) is 16.0. The standard InChI is InChI=1S/C29H33FN8O.C20H23N7O2.C9H10FN/c1-35-15-17-36(18-16-35)28-29(39)37(24-8-10-25(11-9-24)38-14-13-32-34-38)20-23(33-28)3-2-12-31-27-19-26(27)21-4-6-22(30)7-5-21;1-24-10-12-25(13-11-24)19-20(29)26(15-16(22-19)3-2-14-28)17-4-6-18(7-5-17)27-9-8-21-23-27;10-7-3-1-6(2-4-7)8-5-9(8)11/h4-11,13-14,20,26-27,31H,2-3,12,15-19H2,1H3;4-9,14-15H,2-3,10-13H2,1H3;1-4,8-9H,5,11H2/t26-,27+;;8-,9+/m0.0/s1. The van der Waals surface area contributed by atoms with Gasteiger partial charge in [-0.1, -0.05) is 34.7 Å². The highest BCUT2D eigenvalue weighted by molar-refractivity contribution is 5.51. The van der Waals surface area contributed by atoms with Gasteiger partial charge in [0.15, 0.2) is 11.6 Å². The van der Waals surface area contributed by atoms with Gasteiger partial charge in [0.05, 0.1) is 47.6 Å². The fourth-order valence-electron chi connectivity index (χ4n) is 9.92. The molecule has 2 saturated heterocycles. The summed E-state index contributed by atoms with van der Waals surface area (Å²) in [7, 11) is 4.17. The van der Waals surface area contributed by atoms with Crippen LogP contribution in [0.2, 0.25) is 0 Å². The van der Waals surface area contributed by atoms with Gasteiger partial charge in [0, 0.05) is 106 Å². The van der Waals surface area contributed by atoms with Crippen LogP contribution in [0.1, 0.15) is 60.0 Å². The second-order valence-corrected chi connectivity index (χ2v) is 20.6. The van der Waals surface area contributed by atoms with Crippen molar-refractivity contribution in [3.63, 3.8) is 0 Å². The number of piperazine rings is 2. The molecule has 0 unspecified atom stereocenters. The van der Waals surface area contributed by atoms with Crippen LogP contribution in [0.15, 0.2) is 144 Å². The Labute approximate surface area is 456 Å². The van der Waals surface area contributed by atoms with Gasteiger partial charge in [-0.25, -0.2) is 28.1 Å². The molecule has 6 heterocycles. The minimum atomic E-state index is -0.195. The summed E-state index contributed by atoms with van der Waals surface area (Å²) in [4.78, 5) is 55.8. The smallest absolute Gasteiger partial charge is 0.298 e. The molecule has 21 heteroatoms. The molecular weight excluding hydrogens is 1010 g/mol. The van der Waals surface area contributed by atoms with Crippen LogP contribution < -0.4 is 32.0 Å². The van der Waals surface area contributed by atoms with Crippen molar-refractivity contribution in [3.05, 3.63) is 189 Å². The summed E-state index contributed by atoms with van der Waals surface area (Å²) in [6.45, 7) is 7.49. The van der Waals surface area contributed by atoms with Crippen molar-refractivity contribution < 1.29 is 13.6 Å². The van der Waals surface area contributed by atoms with E-state index in [2.05, 4.69) is 59.7 Å². The average Bonchev–Trinajstić information content (AvgIpc) is 4.22. The van der Waals surface area contributed by atoms with E-state index in [0.29, 0.717) is 48.4 Å². The molecule has 0 radical (unpaired) electrons. The number of benzene rings is 4. The van der Waals surface area contributed by atoms with Crippen LogP contribution in [-0.2, 0) is 17.6 Å². The number of likely N-dealkylation sites (N-methyl/N-ethyl adjacent to an activating group) is 2. The number of hydrogen-bond donors (Lipinski definition) is 2. The lowest BCUT2D eigenvalue weighted by atomic mass is 10.1. The van der Waals surface area contributed by atoms with Crippen molar-refractivity contribution in [2.24, 2.45) is 5.73 Å². The number of nitrogens with two attached hydrogens (primary N) is 1. The third-order valence-corrected chi connectivity index (χ3v) is 14.9. The van der Waals surface area contributed by atoms with Gasteiger partial charge in [0.25, 0.3) is 11.1 Å². The Kier molecular flexibility index (Phi) is 17.3. The molecule has 0 amide bonds. The molecule has 0 spiro atoms. The second-order valence-electron chi connectivity index (χ2n) is 20.6. The Morgan fingerprint density at radius 2 is 1.01 bits per heavy atom. The van der Waals surface area contributed by atoms with Gasteiger partial charge < -0.3 is 35.4 Å². The van der Waals surface area contributed by atoms with Crippen molar-refractivity contribution in [3.8, 4) is 22.7 Å². The molecule has 2 saturated carbocycles. The molecule has 4 fully saturated rings. The highest BCUT2D eigenvalue weighted by atomic mass is 19.1. The van der Waals surface area contributed by atoms with Crippen LogP contribution in [0, 0.1) is 11.6 Å². The molecule has 4 aromatic heterocycles. The first-order valence-electron chi connectivity index (χ1n) is 27.0. The maximum Gasteiger partial charge on any atom is 0.298 e. The number of aryl methyl sites for hydroxylation is 2. The molecule has 0 bridgehead atoms. The third kappa shape index (κ3) is 13.8. The first-order valence-corrected chi connectivity index (χ1v) is 27.0. The van der Waals surface area contributed by atoms with Crippen molar-refractivity contribution in [2.45, 2.75) is 62.4 Å². The fraction of sp³-hybridized carbons (Fsp3) is 0.362. The molecule has 4 aromatic carbocycles. The summed E-state index contributed by atoms with van der Waals surface area (Å²) < 4.78 is 32.3. The molecule has 19 nitrogen and oxygen atoms in total. The van der Waals surface area contributed by atoms with Crippen LogP contribution in [0.25, 0.3) is 22.7 Å². The Hall–Kier alpha value is -8.11. The van der Waals surface area contributed by atoms with Crippen molar-refractivity contribution in [1.82, 2.24) is 64.2 Å². The summed E-state index contributed by atoms with van der Waals surface area (Å²) in [6, 6.07) is 29.4. The van der Waals surface area contributed by atoms with Crippen LogP contribution in [0.4, 0.5) is 20.4 Å². The highest BCUT2D eigenvalue weighted by Crippen LogP contribution is 2.41. The Morgan fingerprint density at radius 3 is 1.43 bits per heavy atom. The monoisotopic (exact) mass is 1070 g/mol. The highest BCUT2D eigenvalue weighted by Gasteiger charge is 2.37. The summed E-state index contributed by atoms with van der Waals surface area (Å²) in [5.74, 6) is 1.53. The predicted molar refractivity (Wildman–Crippen MR) is 299 cm³/mol. The van der Waals surface area contributed by atoms with E-state index in [4.69, 9.17) is 10.7 Å². The third-order valence-electron chi connectivity index (χ3n) is 14.9. The molecular formula is C58H66F2N16O3. The van der Waals surface area contributed by atoms with E-state index < -0.39 is 0 Å². The van der Waals surface area contributed by atoms with Crippen molar-refractivity contribution >= 4 is 17.9 Å². The van der Waals surface area contributed by atoms with Crippen LogP contribution in [0.3, 0.4) is 0 Å². The lowest BCUT2D eigenvalue weighted by Gasteiger charge is -2.33. The number of anilines is 2. The predicted octanol–water partition coefficient (Wildman–Crippen LogP) is 5.12. The van der Waals surface area contributed by atoms with Gasteiger partial charge in [-0.15, -0.1) is 10.2 Å². The minimum absolute atomic E-state index is 0.102. The van der Waals surface area contributed by atoms with E-state index in [1.165, 1.54) is 35.4 Å². The molecule has 8 aromatic rings. The second kappa shape index (κ2) is 25.1. The summed E-state index contributed by atoms with van der Waals surface area (Å²) in [5, 5.41) is 19.3. The van der Waals surface area contributed by atoms with Crippen molar-refractivity contribution in [2.75, 3.05) is 82.8 Å². The number of hydrogen-bond acceptors (Lipinski definition) is 15. The molecule has 410 valence electrons. The average molecular weight is 1070 g/mol. The molecule has 2 aliphatic heterocycles. The summed E-state index contributed by atoms with van der Waals surface area (Å²) in [5.41, 5.74) is 12.6. The SMILES string of the molecule is CN1CCN(c2nc(CCC=O)cn(-c3ccc(-n4ccnn4)cc3)c2=O)CC1.CN1CCN(c2nc(CCCN[C@@H]3C[C@H]3c3ccc(F)cc3)cn(-c3ccc(-n4ccnn4)cc3)c2=O)CC1.N[C@@H]1C[C@H]1c1ccc(F)cc1. The zero-order valence-corrected chi connectivity index (χ0v) is 44.5. The Bertz CT molecular complexity index is 3360. The summed E-state index contributed by atoms with van der Waals surface area (Å²) >= 11 is 0. The number of aldehydes is 1. The lowest BCUT2D eigenvalue weighted by Crippen LogP contribution is -2.47. The first-order chi connectivity index (χ1) is 38.5. The Balaban J connectivity index is 0.000000153. The van der Waals surface area contributed by atoms with Gasteiger partial charge in [0.2, 0.25) is 0 Å². The quantitative estimate of drug-likeness (QED) is 0.0955. The van der Waals surface area contributed by atoms with E-state index in [1.807, 2.05) is 83.9 Å². The van der Waals surface area contributed by atoms with Crippen LogP contribution >= 0.6 is 0 Å². The van der Waals surface area contributed by atoms with E-state index >= 15 is 0 Å². The maximum atomic E-state index is 13.6. The topological polar surface area (TPSA) is 199 Å². The van der Waals surface area contributed by atoms with E-state index in [9.17, 15) is 23.2 Å². The number of halogens is 2. The molecule has 3 N–H and O–H groups in total. The van der Waals surface area contributed by atoms with Crippen LogP contribution in [0.5, 0.6) is 0 Å². The van der Waals surface area contributed by atoms with Gasteiger partial charge in [-0.05, 0) is 137 Å². The van der Waals surface area contributed by atoms with Gasteiger partial charge in [-0.2, -0.15) is 0 Å². The molecule has 12 rings (SSSR count). The maximum absolute atomic E-state index is 13.6. The largest absolute Gasteiger partial charge is 0.349 e. The van der Waals surface area contributed by atoms with Gasteiger partial charge in [-0.3, -0.25) is 18.7 Å². The van der Waals surface area contributed by atoms with Crippen molar-refractivity contribution in [1.29, 1.82) is 0 Å². The van der Waals surface area contributed by atoms with E-state index in [0.717, 1.165) is 125 Å². The number of aromatic nitrogens is 10. The normalized spacial score (nSPS) is 19.0. The minimum Gasteiger partial charge on any atom is -0.349 e. The number of rotatable bonds is 16. The number of carbonyl (C=O) groups is 1. The number of nitrogens with zero attached hydrogens (tertiary/aromatic N) is 14.